The highest BCUT2D eigenvalue weighted by Gasteiger charge is 2.28. The second kappa shape index (κ2) is 6.27. The fraction of sp³-hybridized carbons (Fsp3) is 0.636. The maximum Gasteiger partial charge on any atom is 0.319 e. The van der Waals surface area contributed by atoms with Crippen molar-refractivity contribution in [3.8, 4) is 0 Å². The molecule has 90 valence electrons. The van der Waals surface area contributed by atoms with E-state index in [2.05, 4.69) is 6.58 Å². The van der Waals surface area contributed by atoms with E-state index in [4.69, 9.17) is 14.6 Å². The summed E-state index contributed by atoms with van der Waals surface area (Å²) in [5.41, 5.74) is 0. The summed E-state index contributed by atoms with van der Waals surface area (Å²) < 4.78 is 10.3. The van der Waals surface area contributed by atoms with E-state index in [1.165, 1.54) is 0 Å². The average molecular weight is 228 g/mol. The maximum absolute atomic E-state index is 11.2. The summed E-state index contributed by atoms with van der Waals surface area (Å²) in [4.78, 5) is 21.5. The Labute approximate surface area is 94.0 Å². The Morgan fingerprint density at radius 3 is 2.94 bits per heavy atom. The Bertz CT molecular complexity index is 274. The molecular formula is C11H16O5. The summed E-state index contributed by atoms with van der Waals surface area (Å²) in [6, 6.07) is 0. The Kier molecular flexibility index (Phi) is 4.98. The van der Waals surface area contributed by atoms with Crippen LogP contribution in [0, 0.1) is 5.92 Å². The molecule has 2 unspecified atom stereocenters. The third kappa shape index (κ3) is 4.02. The smallest absolute Gasteiger partial charge is 0.319 e. The Hall–Kier alpha value is -1.36. The average Bonchev–Trinajstić information content (AvgIpc) is 2.20. The second-order valence-electron chi connectivity index (χ2n) is 3.73. The number of carboxylic acids is 1. The lowest BCUT2D eigenvalue weighted by molar-refractivity contribution is -0.202. The molecule has 1 aliphatic heterocycles. The minimum atomic E-state index is -1.19. The van der Waals surface area contributed by atoms with E-state index in [0.717, 1.165) is 12.8 Å². The van der Waals surface area contributed by atoms with Gasteiger partial charge in [-0.3, -0.25) is 9.59 Å². The number of allylic oxidation sites excluding steroid dienone is 1. The summed E-state index contributed by atoms with van der Waals surface area (Å²) in [5.74, 6) is -1.86. The van der Waals surface area contributed by atoms with Crippen LogP contribution in [0.25, 0.3) is 0 Å². The van der Waals surface area contributed by atoms with E-state index in [-0.39, 0.29) is 5.92 Å². The van der Waals surface area contributed by atoms with Crippen molar-refractivity contribution in [2.45, 2.75) is 32.0 Å². The number of aliphatic carboxylic acids is 1. The van der Waals surface area contributed by atoms with Crippen LogP contribution in [0.5, 0.6) is 0 Å². The highest BCUT2D eigenvalue weighted by molar-refractivity contribution is 5.90. The van der Waals surface area contributed by atoms with Crippen molar-refractivity contribution in [2.24, 2.45) is 5.92 Å². The molecule has 1 fully saturated rings. The van der Waals surface area contributed by atoms with Gasteiger partial charge in [0.1, 0.15) is 6.42 Å². The molecule has 1 heterocycles. The highest BCUT2D eigenvalue weighted by atomic mass is 16.7. The van der Waals surface area contributed by atoms with Crippen LogP contribution in [0.4, 0.5) is 0 Å². The largest absolute Gasteiger partial charge is 0.481 e. The van der Waals surface area contributed by atoms with Crippen molar-refractivity contribution in [1.29, 1.82) is 0 Å². The van der Waals surface area contributed by atoms with Crippen molar-refractivity contribution in [2.75, 3.05) is 6.61 Å². The van der Waals surface area contributed by atoms with Crippen LogP contribution in [-0.4, -0.2) is 29.9 Å². The van der Waals surface area contributed by atoms with Gasteiger partial charge in [-0.05, 0) is 19.3 Å². The number of esters is 1. The summed E-state index contributed by atoms with van der Waals surface area (Å²) in [6.45, 7) is 4.17. The van der Waals surface area contributed by atoms with Crippen LogP contribution >= 0.6 is 0 Å². The van der Waals surface area contributed by atoms with Crippen LogP contribution in [0.2, 0.25) is 0 Å². The molecule has 0 aliphatic carbocycles. The molecular weight excluding hydrogens is 212 g/mol. The van der Waals surface area contributed by atoms with E-state index in [9.17, 15) is 9.59 Å². The minimum Gasteiger partial charge on any atom is -0.481 e. The van der Waals surface area contributed by atoms with Gasteiger partial charge in [0.2, 0.25) is 6.29 Å². The first-order valence-corrected chi connectivity index (χ1v) is 5.27. The lowest BCUT2D eigenvalue weighted by Gasteiger charge is -2.30. The predicted octanol–water partition coefficient (Wildman–Crippen LogP) is 1.33. The molecule has 0 radical (unpaired) electrons. The Balaban J connectivity index is 2.45. The first-order chi connectivity index (χ1) is 7.63. The van der Waals surface area contributed by atoms with Crippen LogP contribution in [-0.2, 0) is 19.1 Å². The summed E-state index contributed by atoms with van der Waals surface area (Å²) in [5, 5.41) is 8.42. The third-order valence-electron chi connectivity index (χ3n) is 2.40. The quantitative estimate of drug-likeness (QED) is 0.436. The van der Waals surface area contributed by atoms with Crippen molar-refractivity contribution < 1.29 is 24.2 Å². The van der Waals surface area contributed by atoms with Gasteiger partial charge in [-0.25, -0.2) is 0 Å². The molecule has 0 saturated carbocycles. The number of hydrogen-bond acceptors (Lipinski definition) is 4. The fourth-order valence-corrected chi connectivity index (χ4v) is 1.69. The van der Waals surface area contributed by atoms with E-state index in [0.29, 0.717) is 13.0 Å². The van der Waals surface area contributed by atoms with Crippen LogP contribution < -0.4 is 0 Å². The standard InChI is InChI=1S/C11H16O5/c1-2-4-8-5-3-6-15-11(8)16-10(14)7-9(12)13/h2,8,11H,1,3-7H2,(H,12,13). The molecule has 0 aromatic heterocycles. The zero-order valence-corrected chi connectivity index (χ0v) is 9.05. The number of carbonyl (C=O) groups excluding carboxylic acids is 1. The molecule has 0 aromatic rings. The number of rotatable bonds is 5. The molecule has 1 N–H and O–H groups in total. The molecule has 1 saturated heterocycles. The molecule has 0 bridgehead atoms. The highest BCUT2D eigenvalue weighted by Crippen LogP contribution is 2.25. The van der Waals surface area contributed by atoms with Gasteiger partial charge >= 0.3 is 11.9 Å². The zero-order chi connectivity index (χ0) is 12.0. The second-order valence-corrected chi connectivity index (χ2v) is 3.73. The van der Waals surface area contributed by atoms with E-state index < -0.39 is 24.6 Å². The Morgan fingerprint density at radius 1 is 1.56 bits per heavy atom. The van der Waals surface area contributed by atoms with Gasteiger partial charge in [0.25, 0.3) is 0 Å². The molecule has 0 amide bonds. The predicted molar refractivity (Wildman–Crippen MR) is 55.6 cm³/mol. The number of carboxylic acid groups (broad SMARTS) is 1. The van der Waals surface area contributed by atoms with Gasteiger partial charge in [0.05, 0.1) is 6.61 Å². The lowest BCUT2D eigenvalue weighted by atomic mass is 9.97. The zero-order valence-electron chi connectivity index (χ0n) is 9.05. The van der Waals surface area contributed by atoms with Gasteiger partial charge in [0, 0.05) is 5.92 Å². The SMILES string of the molecule is C=CCC1CCCOC1OC(=O)CC(=O)O. The van der Waals surface area contributed by atoms with Crippen molar-refractivity contribution >= 4 is 11.9 Å². The monoisotopic (exact) mass is 228 g/mol. The molecule has 5 heteroatoms. The van der Waals surface area contributed by atoms with Crippen molar-refractivity contribution in [3.05, 3.63) is 12.7 Å². The molecule has 0 aromatic carbocycles. The molecule has 1 aliphatic rings. The summed E-state index contributed by atoms with van der Waals surface area (Å²) in [6.07, 6.45) is 3.02. The normalized spacial score (nSPS) is 24.8. The van der Waals surface area contributed by atoms with Gasteiger partial charge in [-0.2, -0.15) is 0 Å². The van der Waals surface area contributed by atoms with Crippen LogP contribution in [0.3, 0.4) is 0 Å². The first-order valence-electron chi connectivity index (χ1n) is 5.27. The van der Waals surface area contributed by atoms with E-state index >= 15 is 0 Å². The molecule has 5 nitrogen and oxygen atoms in total. The molecule has 0 spiro atoms. The number of hydrogen-bond donors (Lipinski definition) is 1. The van der Waals surface area contributed by atoms with E-state index in [1.807, 2.05) is 0 Å². The Morgan fingerprint density at radius 2 is 2.31 bits per heavy atom. The fourth-order valence-electron chi connectivity index (χ4n) is 1.69. The number of carbonyl (C=O) groups is 2. The topological polar surface area (TPSA) is 72.8 Å². The van der Waals surface area contributed by atoms with Crippen molar-refractivity contribution in [3.63, 3.8) is 0 Å². The van der Waals surface area contributed by atoms with Crippen molar-refractivity contribution in [1.82, 2.24) is 0 Å². The third-order valence-corrected chi connectivity index (χ3v) is 2.40. The van der Waals surface area contributed by atoms with E-state index in [1.54, 1.807) is 6.08 Å². The van der Waals surface area contributed by atoms with Gasteiger partial charge < -0.3 is 14.6 Å². The lowest BCUT2D eigenvalue weighted by Crippen LogP contribution is -2.34. The van der Waals surface area contributed by atoms with Gasteiger partial charge in [-0.15, -0.1) is 6.58 Å². The van der Waals surface area contributed by atoms with Crippen LogP contribution in [0.15, 0.2) is 12.7 Å². The van der Waals surface area contributed by atoms with Crippen LogP contribution in [0.1, 0.15) is 25.7 Å². The summed E-state index contributed by atoms with van der Waals surface area (Å²) >= 11 is 0. The minimum absolute atomic E-state index is 0.0870. The molecule has 2 atom stereocenters. The summed E-state index contributed by atoms with van der Waals surface area (Å²) in [7, 11) is 0. The maximum atomic E-state index is 11.2. The van der Waals surface area contributed by atoms with Gasteiger partial charge in [-0.1, -0.05) is 6.08 Å². The first kappa shape index (κ1) is 12.7. The van der Waals surface area contributed by atoms with Gasteiger partial charge in [0.15, 0.2) is 0 Å². The molecule has 16 heavy (non-hydrogen) atoms. The number of ether oxygens (including phenoxy) is 2. The molecule has 1 rings (SSSR count).